The number of fused-ring (bicyclic) bond motifs is 1. The number of hydrogen-bond donors (Lipinski definition) is 1. The number of carbonyl (C=O) groups excluding carboxylic acids is 2. The topological polar surface area (TPSA) is 58.6 Å². The second-order valence-electron chi connectivity index (χ2n) is 8.28. The quantitative estimate of drug-likeness (QED) is 0.476. The van der Waals surface area contributed by atoms with Crippen molar-refractivity contribution in [2.45, 2.75) is 32.5 Å². The van der Waals surface area contributed by atoms with Crippen molar-refractivity contribution < 1.29 is 14.3 Å². The molecule has 2 atom stereocenters. The number of amides is 2. The van der Waals surface area contributed by atoms with E-state index in [1.807, 2.05) is 50.2 Å². The Morgan fingerprint density at radius 2 is 1.73 bits per heavy atom. The highest BCUT2D eigenvalue weighted by Crippen LogP contribution is 2.39. The molecule has 1 N–H and O–H groups in total. The summed E-state index contributed by atoms with van der Waals surface area (Å²) in [5.74, 6) is -0.310. The molecule has 1 heterocycles. The maximum Gasteiger partial charge on any atom is 0.265 e. The minimum absolute atomic E-state index is 0.120. The van der Waals surface area contributed by atoms with E-state index in [0.29, 0.717) is 27.0 Å². The Morgan fingerprint density at radius 1 is 1.03 bits per heavy atom. The third kappa shape index (κ3) is 5.00. The average molecular weight is 483 g/mol. The Morgan fingerprint density at radius 3 is 2.42 bits per heavy atom. The van der Waals surface area contributed by atoms with E-state index in [1.54, 1.807) is 36.4 Å². The number of nitrogens with zero attached hydrogens (tertiary/aromatic N) is 1. The number of carbonyl (C=O) groups is 2. The molecule has 1 aliphatic rings. The highest BCUT2D eigenvalue weighted by molar-refractivity contribution is 6.31. The Kier molecular flexibility index (Phi) is 6.91. The Hall–Kier alpha value is -3.02. The summed E-state index contributed by atoms with van der Waals surface area (Å²) in [6.45, 7) is 3.97. The van der Waals surface area contributed by atoms with Crippen LogP contribution in [0.3, 0.4) is 0 Å². The van der Waals surface area contributed by atoms with Gasteiger partial charge >= 0.3 is 0 Å². The number of anilines is 1. The largest absolute Gasteiger partial charge is 0.480 e. The Labute approximate surface area is 203 Å². The maximum atomic E-state index is 13.8. The normalized spacial score (nSPS) is 17.8. The van der Waals surface area contributed by atoms with E-state index >= 15 is 0 Å². The van der Waals surface area contributed by atoms with Gasteiger partial charge in [-0.05, 0) is 47.9 Å². The second kappa shape index (κ2) is 9.86. The Bertz CT molecular complexity index is 1170. The van der Waals surface area contributed by atoms with Gasteiger partial charge < -0.3 is 15.0 Å². The number of benzene rings is 3. The van der Waals surface area contributed by atoms with Crippen LogP contribution >= 0.6 is 23.2 Å². The van der Waals surface area contributed by atoms with Gasteiger partial charge in [-0.3, -0.25) is 9.59 Å². The van der Waals surface area contributed by atoms with Gasteiger partial charge in [-0.15, -0.1) is 0 Å². The lowest BCUT2D eigenvalue weighted by Gasteiger charge is -2.31. The van der Waals surface area contributed by atoms with Crippen LogP contribution in [0.4, 0.5) is 5.69 Å². The first-order valence-corrected chi connectivity index (χ1v) is 11.5. The van der Waals surface area contributed by atoms with E-state index in [0.717, 1.165) is 5.56 Å². The predicted octanol–water partition coefficient (Wildman–Crippen LogP) is 6.12. The van der Waals surface area contributed by atoms with Gasteiger partial charge in [-0.2, -0.15) is 0 Å². The lowest BCUT2D eigenvalue weighted by molar-refractivity contribution is -0.146. The summed E-state index contributed by atoms with van der Waals surface area (Å²) in [4.78, 5) is 29.0. The minimum atomic E-state index is -0.966. The molecule has 7 heteroatoms. The van der Waals surface area contributed by atoms with E-state index in [-0.39, 0.29) is 24.3 Å². The first-order valence-electron chi connectivity index (χ1n) is 10.7. The average Bonchev–Trinajstić information content (AvgIpc) is 2.90. The van der Waals surface area contributed by atoms with Crippen molar-refractivity contribution in [3.8, 4) is 5.75 Å². The zero-order valence-electron chi connectivity index (χ0n) is 18.3. The lowest BCUT2D eigenvalue weighted by atomic mass is 10.0. The van der Waals surface area contributed by atoms with E-state index in [2.05, 4.69) is 5.32 Å². The van der Waals surface area contributed by atoms with E-state index in [9.17, 15) is 9.59 Å². The highest BCUT2D eigenvalue weighted by Gasteiger charge is 2.42. The number of nitrogens with one attached hydrogen (secondary N) is 1. The zero-order chi connectivity index (χ0) is 23.5. The summed E-state index contributed by atoms with van der Waals surface area (Å²) in [5, 5.41) is 3.90. The summed E-state index contributed by atoms with van der Waals surface area (Å²) in [6.07, 6.45) is -0.762. The van der Waals surface area contributed by atoms with Crippen LogP contribution in [-0.2, 0) is 16.1 Å². The molecule has 33 heavy (non-hydrogen) atoms. The first kappa shape index (κ1) is 23.1. The van der Waals surface area contributed by atoms with Crippen LogP contribution in [-0.4, -0.2) is 22.8 Å². The van der Waals surface area contributed by atoms with Gasteiger partial charge in [0.2, 0.25) is 0 Å². The molecule has 3 aromatic carbocycles. The third-order valence-electron chi connectivity index (χ3n) is 5.55. The van der Waals surface area contributed by atoms with Gasteiger partial charge in [0, 0.05) is 27.8 Å². The standard InChI is InChI=1S/C26H24Cl2N2O3/c1-16(2)24-26(32)30(15-17-8-6-7-11-21(17)28)23(20-14-18(27)12-13-22(20)33-24)25(31)29-19-9-4-3-5-10-19/h3-14,16,23-24H,15H2,1-2H3,(H,29,31). The molecule has 0 radical (unpaired) electrons. The molecule has 0 aromatic heterocycles. The van der Waals surface area contributed by atoms with E-state index < -0.39 is 12.1 Å². The van der Waals surface area contributed by atoms with Crippen molar-refractivity contribution in [2.75, 3.05) is 5.32 Å². The van der Waals surface area contributed by atoms with Gasteiger partial charge in [0.15, 0.2) is 6.10 Å². The summed E-state index contributed by atoms with van der Waals surface area (Å²) in [7, 11) is 0. The van der Waals surface area contributed by atoms with Crippen molar-refractivity contribution in [1.82, 2.24) is 4.90 Å². The van der Waals surface area contributed by atoms with Crippen molar-refractivity contribution in [1.29, 1.82) is 0 Å². The number of halogens is 2. The second-order valence-corrected chi connectivity index (χ2v) is 9.12. The minimum Gasteiger partial charge on any atom is -0.480 e. The van der Waals surface area contributed by atoms with Crippen molar-refractivity contribution in [3.63, 3.8) is 0 Å². The molecule has 1 aliphatic heterocycles. The van der Waals surface area contributed by atoms with Gasteiger partial charge in [-0.25, -0.2) is 0 Å². The smallest absolute Gasteiger partial charge is 0.265 e. The van der Waals surface area contributed by atoms with Crippen LogP contribution in [0.2, 0.25) is 10.0 Å². The fourth-order valence-electron chi connectivity index (χ4n) is 3.90. The molecular formula is C26H24Cl2N2O3. The van der Waals surface area contributed by atoms with Crippen LogP contribution < -0.4 is 10.1 Å². The van der Waals surface area contributed by atoms with Crippen LogP contribution in [0.25, 0.3) is 0 Å². The van der Waals surface area contributed by atoms with Crippen LogP contribution in [0.5, 0.6) is 5.75 Å². The number of para-hydroxylation sites is 1. The number of hydrogen-bond acceptors (Lipinski definition) is 3. The zero-order valence-corrected chi connectivity index (χ0v) is 19.8. The van der Waals surface area contributed by atoms with E-state index in [4.69, 9.17) is 27.9 Å². The molecule has 0 aliphatic carbocycles. The molecule has 4 rings (SSSR count). The highest BCUT2D eigenvalue weighted by atomic mass is 35.5. The van der Waals surface area contributed by atoms with Gasteiger partial charge in [0.05, 0.1) is 0 Å². The van der Waals surface area contributed by atoms with Crippen molar-refractivity contribution in [3.05, 3.63) is 94.0 Å². The number of rotatable bonds is 5. The third-order valence-corrected chi connectivity index (χ3v) is 6.16. The fraction of sp³-hybridized carbons (Fsp3) is 0.231. The van der Waals surface area contributed by atoms with Crippen molar-refractivity contribution >= 4 is 40.7 Å². The fourth-order valence-corrected chi connectivity index (χ4v) is 4.28. The van der Waals surface area contributed by atoms with Gasteiger partial charge in [0.25, 0.3) is 11.8 Å². The van der Waals surface area contributed by atoms with E-state index in [1.165, 1.54) is 4.90 Å². The molecule has 170 valence electrons. The molecule has 5 nitrogen and oxygen atoms in total. The molecule has 0 saturated carbocycles. The van der Waals surface area contributed by atoms with Crippen LogP contribution in [0.1, 0.15) is 31.0 Å². The molecule has 0 saturated heterocycles. The summed E-state index contributed by atoms with van der Waals surface area (Å²) in [6, 6.07) is 20.5. The molecule has 3 aromatic rings. The predicted molar refractivity (Wildman–Crippen MR) is 131 cm³/mol. The molecule has 0 bridgehead atoms. The SMILES string of the molecule is CC(C)C1Oc2ccc(Cl)cc2C(C(=O)Nc2ccccc2)N(Cc2ccccc2Cl)C1=O. The van der Waals surface area contributed by atoms with Gasteiger partial charge in [-0.1, -0.05) is 73.4 Å². The molecule has 0 fully saturated rings. The molecule has 2 unspecified atom stereocenters. The lowest BCUT2D eigenvalue weighted by Crippen LogP contribution is -2.46. The molecule has 2 amide bonds. The molecular weight excluding hydrogens is 459 g/mol. The maximum absolute atomic E-state index is 13.8. The monoisotopic (exact) mass is 482 g/mol. The van der Waals surface area contributed by atoms with Crippen LogP contribution in [0.15, 0.2) is 72.8 Å². The summed E-state index contributed by atoms with van der Waals surface area (Å²) in [5.41, 5.74) is 1.89. The summed E-state index contributed by atoms with van der Waals surface area (Å²) < 4.78 is 6.15. The van der Waals surface area contributed by atoms with Crippen molar-refractivity contribution in [2.24, 2.45) is 5.92 Å². The first-order chi connectivity index (χ1) is 15.8. The van der Waals surface area contributed by atoms with Crippen LogP contribution in [0, 0.1) is 5.92 Å². The molecule has 0 spiro atoms. The Balaban J connectivity index is 1.84. The summed E-state index contributed by atoms with van der Waals surface area (Å²) >= 11 is 12.7. The van der Waals surface area contributed by atoms with Gasteiger partial charge in [0.1, 0.15) is 11.8 Å². The number of ether oxygens (including phenoxy) is 1.